The first-order valence-electron chi connectivity index (χ1n) is 6.17. The predicted octanol–water partition coefficient (Wildman–Crippen LogP) is 0.533. The zero-order chi connectivity index (χ0) is 13.6. The summed E-state index contributed by atoms with van der Waals surface area (Å²) in [6.07, 6.45) is 1.10. The summed E-state index contributed by atoms with van der Waals surface area (Å²) < 4.78 is 0. The number of amides is 2. The lowest BCUT2D eigenvalue weighted by Crippen LogP contribution is -2.57. The fourth-order valence-electron chi connectivity index (χ4n) is 1.39. The quantitative estimate of drug-likeness (QED) is 0.636. The van der Waals surface area contributed by atoms with E-state index in [0.29, 0.717) is 12.8 Å². The Kier molecular flexibility index (Phi) is 6.16. The van der Waals surface area contributed by atoms with Gasteiger partial charge < -0.3 is 16.4 Å². The van der Waals surface area contributed by atoms with E-state index in [0.717, 1.165) is 0 Å². The average molecular weight is 243 g/mol. The van der Waals surface area contributed by atoms with Gasteiger partial charge in [0.15, 0.2) is 0 Å². The summed E-state index contributed by atoms with van der Waals surface area (Å²) in [5.41, 5.74) is 5.06. The topological polar surface area (TPSA) is 84.2 Å². The van der Waals surface area contributed by atoms with Crippen LogP contribution < -0.4 is 16.4 Å². The number of rotatable bonds is 6. The zero-order valence-electron chi connectivity index (χ0n) is 11.5. The van der Waals surface area contributed by atoms with Crippen LogP contribution in [0.2, 0.25) is 0 Å². The van der Waals surface area contributed by atoms with Gasteiger partial charge in [0.2, 0.25) is 11.8 Å². The molecule has 0 saturated carbocycles. The van der Waals surface area contributed by atoms with Crippen molar-refractivity contribution in [3.63, 3.8) is 0 Å². The molecule has 0 aromatic rings. The minimum Gasteiger partial charge on any atom is -0.352 e. The summed E-state index contributed by atoms with van der Waals surface area (Å²) in [4.78, 5) is 23.5. The van der Waals surface area contributed by atoms with Crippen molar-refractivity contribution in [3.05, 3.63) is 0 Å². The largest absolute Gasteiger partial charge is 0.352 e. The van der Waals surface area contributed by atoms with E-state index in [2.05, 4.69) is 10.6 Å². The smallest absolute Gasteiger partial charge is 0.242 e. The Balaban J connectivity index is 4.43. The fraction of sp³-hybridized carbons (Fsp3) is 0.833. The third-order valence-electron chi connectivity index (χ3n) is 2.89. The van der Waals surface area contributed by atoms with Gasteiger partial charge in [0, 0.05) is 6.04 Å². The van der Waals surface area contributed by atoms with Crippen molar-refractivity contribution < 1.29 is 9.59 Å². The van der Waals surface area contributed by atoms with E-state index in [9.17, 15) is 9.59 Å². The second kappa shape index (κ2) is 6.59. The highest BCUT2D eigenvalue weighted by Crippen LogP contribution is 2.11. The minimum absolute atomic E-state index is 0.0573. The number of carbonyl (C=O) groups is 2. The van der Waals surface area contributed by atoms with Gasteiger partial charge in [0.1, 0.15) is 6.04 Å². The van der Waals surface area contributed by atoms with Crippen LogP contribution in [0.4, 0.5) is 0 Å². The highest BCUT2D eigenvalue weighted by molar-refractivity contribution is 5.91. The molecule has 1 atom stereocenters. The lowest BCUT2D eigenvalue weighted by atomic mass is 9.93. The summed E-state index contributed by atoms with van der Waals surface area (Å²) in [6.45, 7) is 9.13. The van der Waals surface area contributed by atoms with Crippen molar-refractivity contribution in [2.45, 2.75) is 65.1 Å². The lowest BCUT2D eigenvalue weighted by Gasteiger charge is -2.27. The number of nitrogens with one attached hydrogen (secondary N) is 2. The third-order valence-corrected chi connectivity index (χ3v) is 2.89. The number of carbonyl (C=O) groups excluding carboxylic acids is 2. The van der Waals surface area contributed by atoms with Crippen LogP contribution in [0.5, 0.6) is 0 Å². The maximum atomic E-state index is 11.9. The molecule has 0 aromatic heterocycles. The molecule has 5 heteroatoms. The summed E-state index contributed by atoms with van der Waals surface area (Å²) in [7, 11) is 0. The van der Waals surface area contributed by atoms with Gasteiger partial charge in [-0.2, -0.15) is 0 Å². The molecule has 0 bridgehead atoms. The monoisotopic (exact) mass is 243 g/mol. The summed E-state index contributed by atoms with van der Waals surface area (Å²) in [6, 6.07) is -0.507. The van der Waals surface area contributed by atoms with Gasteiger partial charge >= 0.3 is 0 Å². The van der Waals surface area contributed by atoms with Crippen LogP contribution in [0.15, 0.2) is 0 Å². The molecule has 0 fully saturated rings. The van der Waals surface area contributed by atoms with Crippen molar-refractivity contribution >= 4 is 11.8 Å². The molecule has 17 heavy (non-hydrogen) atoms. The van der Waals surface area contributed by atoms with Crippen molar-refractivity contribution in [3.8, 4) is 0 Å². The first kappa shape index (κ1) is 15.9. The molecule has 2 amide bonds. The van der Waals surface area contributed by atoms with E-state index in [1.54, 1.807) is 6.92 Å². The summed E-state index contributed by atoms with van der Waals surface area (Å²) in [5.74, 6) is -0.461. The van der Waals surface area contributed by atoms with Crippen molar-refractivity contribution in [1.29, 1.82) is 0 Å². The molecule has 100 valence electrons. The first-order valence-corrected chi connectivity index (χ1v) is 6.17. The SMILES string of the molecule is CCC(N)(CC)C(=O)NC(C)C(=O)NC(C)C. The summed E-state index contributed by atoms with van der Waals surface area (Å²) in [5, 5.41) is 5.39. The van der Waals surface area contributed by atoms with E-state index in [1.807, 2.05) is 27.7 Å². The molecule has 0 aromatic carbocycles. The van der Waals surface area contributed by atoms with E-state index in [4.69, 9.17) is 5.73 Å². The highest BCUT2D eigenvalue weighted by atomic mass is 16.2. The van der Waals surface area contributed by atoms with E-state index in [-0.39, 0.29) is 17.9 Å². The van der Waals surface area contributed by atoms with Crippen LogP contribution in [0.1, 0.15) is 47.5 Å². The second-order valence-electron chi connectivity index (χ2n) is 4.72. The molecule has 0 rings (SSSR count). The average Bonchev–Trinajstić information content (AvgIpc) is 2.26. The minimum atomic E-state index is -0.883. The third kappa shape index (κ3) is 4.73. The molecule has 0 aliphatic carbocycles. The maximum Gasteiger partial charge on any atom is 0.242 e. The molecule has 0 saturated heterocycles. The molecule has 0 radical (unpaired) electrons. The van der Waals surface area contributed by atoms with Gasteiger partial charge in [-0.05, 0) is 33.6 Å². The Morgan fingerprint density at radius 2 is 1.59 bits per heavy atom. The fourth-order valence-corrected chi connectivity index (χ4v) is 1.39. The van der Waals surface area contributed by atoms with Crippen LogP contribution in [-0.2, 0) is 9.59 Å². The van der Waals surface area contributed by atoms with Gasteiger partial charge in [-0.3, -0.25) is 9.59 Å². The Morgan fingerprint density at radius 3 is 1.94 bits per heavy atom. The van der Waals surface area contributed by atoms with Gasteiger partial charge in [0.05, 0.1) is 5.54 Å². The molecule has 5 nitrogen and oxygen atoms in total. The van der Waals surface area contributed by atoms with Crippen LogP contribution in [0.3, 0.4) is 0 Å². The molecule has 0 aliphatic heterocycles. The molecule has 4 N–H and O–H groups in total. The molecule has 0 heterocycles. The van der Waals surface area contributed by atoms with Crippen molar-refractivity contribution in [2.24, 2.45) is 5.73 Å². The summed E-state index contributed by atoms with van der Waals surface area (Å²) >= 11 is 0. The standard InChI is InChI=1S/C12H25N3O2/c1-6-12(13,7-2)11(17)15-9(5)10(16)14-8(3)4/h8-9H,6-7,13H2,1-5H3,(H,14,16)(H,15,17). The maximum absolute atomic E-state index is 11.9. The molecule has 1 unspecified atom stereocenters. The number of nitrogens with two attached hydrogens (primary N) is 1. The molecular formula is C12H25N3O2. The van der Waals surface area contributed by atoms with E-state index >= 15 is 0 Å². The van der Waals surface area contributed by atoms with Crippen LogP contribution in [-0.4, -0.2) is 29.4 Å². The van der Waals surface area contributed by atoms with Crippen LogP contribution >= 0.6 is 0 Å². The number of hydrogen-bond acceptors (Lipinski definition) is 3. The molecule has 0 aliphatic rings. The van der Waals surface area contributed by atoms with Gasteiger partial charge in [-0.25, -0.2) is 0 Å². The first-order chi connectivity index (χ1) is 7.76. The predicted molar refractivity (Wildman–Crippen MR) is 68.4 cm³/mol. The van der Waals surface area contributed by atoms with Gasteiger partial charge in [0.25, 0.3) is 0 Å². The number of hydrogen-bond donors (Lipinski definition) is 3. The Labute approximate surface area is 104 Å². The molecule has 0 spiro atoms. The van der Waals surface area contributed by atoms with Crippen LogP contribution in [0.25, 0.3) is 0 Å². The normalized spacial score (nSPS) is 13.4. The Hall–Kier alpha value is -1.10. The van der Waals surface area contributed by atoms with E-state index < -0.39 is 11.6 Å². The zero-order valence-corrected chi connectivity index (χ0v) is 11.5. The van der Waals surface area contributed by atoms with Crippen molar-refractivity contribution in [1.82, 2.24) is 10.6 Å². The Bertz CT molecular complexity index is 273. The molecular weight excluding hydrogens is 218 g/mol. The van der Waals surface area contributed by atoms with Crippen LogP contribution in [0, 0.1) is 0 Å². The second-order valence-corrected chi connectivity index (χ2v) is 4.72. The van der Waals surface area contributed by atoms with Gasteiger partial charge in [-0.15, -0.1) is 0 Å². The van der Waals surface area contributed by atoms with Crippen molar-refractivity contribution in [2.75, 3.05) is 0 Å². The Morgan fingerprint density at radius 1 is 1.12 bits per heavy atom. The highest BCUT2D eigenvalue weighted by Gasteiger charge is 2.31. The van der Waals surface area contributed by atoms with E-state index in [1.165, 1.54) is 0 Å². The van der Waals surface area contributed by atoms with Gasteiger partial charge in [-0.1, -0.05) is 13.8 Å². The lowest BCUT2D eigenvalue weighted by molar-refractivity contribution is -0.132.